The molecule has 2 aromatic carbocycles. The van der Waals surface area contributed by atoms with Crippen LogP contribution in [0.25, 0.3) is 11.0 Å². The van der Waals surface area contributed by atoms with Crippen LogP contribution in [-0.4, -0.2) is 19.0 Å². The molecule has 0 aliphatic rings. The Morgan fingerprint density at radius 3 is 2.31 bits per heavy atom. The zero-order valence-electron chi connectivity index (χ0n) is 16.9. The van der Waals surface area contributed by atoms with Crippen molar-refractivity contribution in [2.24, 2.45) is 0 Å². The molecule has 0 radical (unpaired) electrons. The maximum Gasteiger partial charge on any atom is 0.347 e. The van der Waals surface area contributed by atoms with E-state index < -0.39 is 5.63 Å². The molecule has 5 nitrogen and oxygen atoms in total. The first-order valence-electron chi connectivity index (χ1n) is 10.1. The van der Waals surface area contributed by atoms with Crippen molar-refractivity contribution in [1.82, 2.24) is 0 Å². The van der Waals surface area contributed by atoms with E-state index in [0.717, 1.165) is 25.7 Å². The first-order valence-corrected chi connectivity index (χ1v) is 10.1. The molecule has 0 aliphatic heterocycles. The van der Waals surface area contributed by atoms with Gasteiger partial charge in [0.05, 0.1) is 18.6 Å². The van der Waals surface area contributed by atoms with Gasteiger partial charge in [0.1, 0.15) is 22.6 Å². The van der Waals surface area contributed by atoms with E-state index in [-0.39, 0.29) is 11.3 Å². The first-order chi connectivity index (χ1) is 14.1. The van der Waals surface area contributed by atoms with E-state index in [1.807, 2.05) is 6.07 Å². The van der Waals surface area contributed by atoms with E-state index >= 15 is 0 Å². The summed E-state index contributed by atoms with van der Waals surface area (Å²) < 4.78 is 17.2. The molecule has 0 saturated heterocycles. The van der Waals surface area contributed by atoms with E-state index in [0.29, 0.717) is 41.2 Å². The van der Waals surface area contributed by atoms with E-state index in [2.05, 4.69) is 13.8 Å². The number of benzene rings is 2. The van der Waals surface area contributed by atoms with Gasteiger partial charge in [0.15, 0.2) is 5.78 Å². The van der Waals surface area contributed by atoms with Crippen molar-refractivity contribution >= 4 is 16.8 Å². The fourth-order valence-corrected chi connectivity index (χ4v) is 2.93. The molecule has 0 bridgehead atoms. The van der Waals surface area contributed by atoms with Gasteiger partial charge in [-0.05, 0) is 18.9 Å². The minimum absolute atomic E-state index is 0.0105. The molecule has 5 heteroatoms. The molecule has 0 N–H and O–H groups in total. The molecule has 152 valence electrons. The summed E-state index contributed by atoms with van der Waals surface area (Å²) in [5, 5.41) is 0.586. The van der Waals surface area contributed by atoms with Crippen molar-refractivity contribution < 1.29 is 18.7 Å². The molecule has 3 rings (SSSR count). The molecule has 0 fully saturated rings. The molecule has 3 aromatic rings. The molecule has 29 heavy (non-hydrogen) atoms. The van der Waals surface area contributed by atoms with E-state index in [4.69, 9.17) is 13.9 Å². The summed E-state index contributed by atoms with van der Waals surface area (Å²) in [5.74, 6) is 0.764. The number of hydrogen-bond donors (Lipinski definition) is 0. The highest BCUT2D eigenvalue weighted by Crippen LogP contribution is 2.32. The van der Waals surface area contributed by atoms with Crippen molar-refractivity contribution in [1.29, 1.82) is 0 Å². The van der Waals surface area contributed by atoms with Crippen LogP contribution in [0.4, 0.5) is 0 Å². The number of ether oxygens (including phenoxy) is 2. The average molecular weight is 394 g/mol. The number of unbranched alkanes of at least 4 members (excludes halogenated alkanes) is 2. The standard InChI is InChI=1S/C24H26O5/c1-3-5-12-27-18-14-21(28-13-6-4-2)19-16-20(24(26)29-22(19)15-18)23(25)17-10-8-7-9-11-17/h7-11,14-16H,3-6,12-13H2,1-2H3. The highest BCUT2D eigenvalue weighted by atomic mass is 16.5. The van der Waals surface area contributed by atoms with Crippen molar-refractivity contribution in [2.45, 2.75) is 39.5 Å². The summed E-state index contributed by atoms with van der Waals surface area (Å²) in [6.45, 7) is 5.28. The molecular formula is C24H26O5. The Hall–Kier alpha value is -3.08. The Bertz CT molecular complexity index is 1020. The fourth-order valence-electron chi connectivity index (χ4n) is 2.93. The summed E-state index contributed by atoms with van der Waals surface area (Å²) in [6.07, 6.45) is 3.85. The average Bonchev–Trinajstić information content (AvgIpc) is 2.74. The number of rotatable bonds is 10. The predicted molar refractivity (Wildman–Crippen MR) is 113 cm³/mol. The topological polar surface area (TPSA) is 65.7 Å². The number of ketones is 1. The van der Waals surface area contributed by atoms with Gasteiger partial charge in [-0.3, -0.25) is 4.79 Å². The molecular weight excluding hydrogens is 368 g/mol. The maximum absolute atomic E-state index is 12.8. The molecule has 0 saturated carbocycles. The Kier molecular flexibility index (Phi) is 7.06. The summed E-state index contributed by atoms with van der Waals surface area (Å²) in [7, 11) is 0. The zero-order chi connectivity index (χ0) is 20.6. The second kappa shape index (κ2) is 9.92. The number of carbonyl (C=O) groups excluding carboxylic acids is 1. The lowest BCUT2D eigenvalue weighted by molar-refractivity contribution is 0.103. The Balaban J connectivity index is 2.04. The largest absolute Gasteiger partial charge is 0.493 e. The smallest absolute Gasteiger partial charge is 0.347 e. The van der Waals surface area contributed by atoms with Gasteiger partial charge in [0.25, 0.3) is 0 Å². The third-order valence-corrected chi connectivity index (χ3v) is 4.59. The van der Waals surface area contributed by atoms with E-state index in [9.17, 15) is 9.59 Å². The lowest BCUT2D eigenvalue weighted by Gasteiger charge is -2.12. The lowest BCUT2D eigenvalue weighted by Crippen LogP contribution is -2.15. The lowest BCUT2D eigenvalue weighted by atomic mass is 10.0. The highest BCUT2D eigenvalue weighted by molar-refractivity contribution is 6.10. The third-order valence-electron chi connectivity index (χ3n) is 4.59. The summed E-state index contributed by atoms with van der Waals surface area (Å²) >= 11 is 0. The molecule has 0 unspecified atom stereocenters. The normalized spacial score (nSPS) is 10.8. The van der Waals surface area contributed by atoms with Crippen molar-refractivity contribution in [3.63, 3.8) is 0 Å². The number of hydrogen-bond acceptors (Lipinski definition) is 5. The van der Waals surface area contributed by atoms with Crippen molar-refractivity contribution in [3.05, 3.63) is 70.1 Å². The van der Waals surface area contributed by atoms with Gasteiger partial charge in [-0.2, -0.15) is 0 Å². The van der Waals surface area contributed by atoms with Crippen LogP contribution in [0.2, 0.25) is 0 Å². The van der Waals surface area contributed by atoms with Crippen molar-refractivity contribution in [3.8, 4) is 11.5 Å². The second-order valence-corrected chi connectivity index (χ2v) is 6.88. The molecule has 0 spiro atoms. The molecule has 0 aliphatic carbocycles. The van der Waals surface area contributed by atoms with Crippen LogP contribution in [0.5, 0.6) is 11.5 Å². The Labute approximate surface area is 170 Å². The number of fused-ring (bicyclic) bond motifs is 1. The van der Waals surface area contributed by atoms with Gasteiger partial charge < -0.3 is 13.9 Å². The van der Waals surface area contributed by atoms with E-state index in [1.165, 1.54) is 0 Å². The summed E-state index contributed by atoms with van der Waals surface area (Å²) in [6, 6.07) is 13.7. The number of carbonyl (C=O) groups is 1. The minimum atomic E-state index is -0.670. The summed E-state index contributed by atoms with van der Waals surface area (Å²) in [5.41, 5.74) is 0.104. The third kappa shape index (κ3) is 5.05. The SMILES string of the molecule is CCCCOc1cc(OCCCC)c2cc(C(=O)c3ccccc3)c(=O)oc2c1. The first kappa shape index (κ1) is 20.6. The van der Waals surface area contributed by atoms with Gasteiger partial charge >= 0.3 is 5.63 Å². The quantitative estimate of drug-likeness (QED) is 0.262. The van der Waals surface area contributed by atoms with Gasteiger partial charge in [0.2, 0.25) is 0 Å². The van der Waals surface area contributed by atoms with Crippen LogP contribution < -0.4 is 15.1 Å². The highest BCUT2D eigenvalue weighted by Gasteiger charge is 2.18. The summed E-state index contributed by atoms with van der Waals surface area (Å²) in [4.78, 5) is 25.3. The van der Waals surface area contributed by atoms with Gasteiger partial charge in [-0.1, -0.05) is 57.0 Å². The fraction of sp³-hybridized carbons (Fsp3) is 0.333. The molecule has 0 amide bonds. The van der Waals surface area contributed by atoms with Gasteiger partial charge in [-0.15, -0.1) is 0 Å². The van der Waals surface area contributed by atoms with Crippen LogP contribution in [0, 0.1) is 0 Å². The Morgan fingerprint density at radius 1 is 0.931 bits per heavy atom. The van der Waals surface area contributed by atoms with Gasteiger partial charge in [-0.25, -0.2) is 4.79 Å². The molecule has 1 heterocycles. The van der Waals surface area contributed by atoms with Crippen molar-refractivity contribution in [2.75, 3.05) is 13.2 Å². The van der Waals surface area contributed by atoms with E-state index in [1.54, 1.807) is 42.5 Å². The molecule has 1 aromatic heterocycles. The van der Waals surface area contributed by atoms with Crippen LogP contribution in [0.15, 0.2) is 57.7 Å². The van der Waals surface area contributed by atoms with Crippen LogP contribution in [0.3, 0.4) is 0 Å². The monoisotopic (exact) mass is 394 g/mol. The van der Waals surface area contributed by atoms with Gasteiger partial charge in [0, 0.05) is 17.7 Å². The Morgan fingerprint density at radius 2 is 1.62 bits per heavy atom. The predicted octanol–water partition coefficient (Wildman–Crippen LogP) is 5.38. The zero-order valence-corrected chi connectivity index (χ0v) is 16.9. The molecule has 0 atom stereocenters. The van der Waals surface area contributed by atoms with Crippen LogP contribution >= 0.6 is 0 Å². The maximum atomic E-state index is 12.8. The van der Waals surface area contributed by atoms with Crippen LogP contribution in [0.1, 0.15) is 55.5 Å². The van der Waals surface area contributed by atoms with Crippen LogP contribution in [-0.2, 0) is 0 Å². The second-order valence-electron chi connectivity index (χ2n) is 6.88. The minimum Gasteiger partial charge on any atom is -0.493 e.